The van der Waals surface area contributed by atoms with Crippen molar-refractivity contribution in [2.45, 2.75) is 46.6 Å². The molecule has 1 aromatic rings. The van der Waals surface area contributed by atoms with Crippen LogP contribution in [0.3, 0.4) is 0 Å². The highest BCUT2D eigenvalue weighted by Crippen LogP contribution is 2.38. The van der Waals surface area contributed by atoms with Crippen LogP contribution >= 0.6 is 0 Å². The van der Waals surface area contributed by atoms with E-state index in [-0.39, 0.29) is 35.5 Å². The first-order chi connectivity index (χ1) is 9.25. The van der Waals surface area contributed by atoms with Crippen LogP contribution in [0.4, 0.5) is 0 Å². The first kappa shape index (κ1) is 14.8. The van der Waals surface area contributed by atoms with Crippen molar-refractivity contribution in [3.05, 3.63) is 22.6 Å². The molecule has 0 saturated heterocycles. The maximum absolute atomic E-state index is 12.2. The van der Waals surface area contributed by atoms with Crippen molar-refractivity contribution >= 4 is 11.7 Å². The van der Waals surface area contributed by atoms with Gasteiger partial charge in [0.25, 0.3) is 5.91 Å². The van der Waals surface area contributed by atoms with E-state index in [4.69, 9.17) is 9.52 Å². The van der Waals surface area contributed by atoms with E-state index in [0.717, 1.165) is 0 Å². The molecule has 1 heterocycles. The molecule has 0 saturated carbocycles. The van der Waals surface area contributed by atoms with Crippen molar-refractivity contribution in [3.8, 4) is 0 Å². The fraction of sp³-hybridized carbons (Fsp3) is 0.600. The van der Waals surface area contributed by atoms with Crippen molar-refractivity contribution in [1.82, 2.24) is 5.32 Å². The summed E-state index contributed by atoms with van der Waals surface area (Å²) in [6.45, 7) is 7.32. The Morgan fingerprint density at radius 2 is 2.10 bits per heavy atom. The van der Waals surface area contributed by atoms with Gasteiger partial charge in [-0.3, -0.25) is 9.59 Å². The van der Waals surface area contributed by atoms with E-state index in [0.29, 0.717) is 29.7 Å². The molecule has 0 aromatic carbocycles. The van der Waals surface area contributed by atoms with Crippen LogP contribution in [-0.2, 0) is 6.42 Å². The van der Waals surface area contributed by atoms with E-state index in [1.165, 1.54) is 0 Å². The van der Waals surface area contributed by atoms with E-state index < -0.39 is 0 Å². The highest BCUT2D eigenvalue weighted by Gasteiger charge is 2.37. The molecule has 1 aromatic heterocycles. The van der Waals surface area contributed by atoms with Crippen molar-refractivity contribution in [1.29, 1.82) is 0 Å². The zero-order chi connectivity index (χ0) is 15.1. The third-order valence-electron chi connectivity index (χ3n) is 3.63. The molecule has 2 rings (SSSR count). The molecule has 20 heavy (non-hydrogen) atoms. The Labute approximate surface area is 118 Å². The molecule has 110 valence electrons. The number of carbonyl (C=O) groups is 2. The topological polar surface area (TPSA) is 79.5 Å². The van der Waals surface area contributed by atoms with Gasteiger partial charge in [0, 0.05) is 24.4 Å². The number of hydrogen-bond acceptors (Lipinski definition) is 4. The lowest BCUT2D eigenvalue weighted by molar-refractivity contribution is 0.0874. The van der Waals surface area contributed by atoms with E-state index in [2.05, 4.69) is 5.32 Å². The molecule has 1 unspecified atom stereocenters. The molecule has 0 spiro atoms. The molecule has 1 atom stereocenters. The lowest BCUT2D eigenvalue weighted by Crippen LogP contribution is -2.35. The fourth-order valence-electron chi connectivity index (χ4n) is 2.63. The predicted octanol–water partition coefficient (Wildman–Crippen LogP) is 1.85. The van der Waals surface area contributed by atoms with Crippen LogP contribution in [0.1, 0.15) is 59.4 Å². The number of ketones is 1. The van der Waals surface area contributed by atoms with Gasteiger partial charge in [0.15, 0.2) is 11.5 Å². The second-order valence-corrected chi connectivity index (χ2v) is 6.35. The third kappa shape index (κ3) is 2.63. The average molecular weight is 279 g/mol. The van der Waals surface area contributed by atoms with Crippen LogP contribution in [0.5, 0.6) is 0 Å². The number of rotatable bonds is 3. The highest BCUT2D eigenvalue weighted by atomic mass is 16.4. The number of aliphatic hydroxyl groups excluding tert-OH is 1. The molecule has 1 aliphatic rings. The number of furan rings is 1. The summed E-state index contributed by atoms with van der Waals surface area (Å²) in [6.07, 6.45) is 1.12. The number of carbonyl (C=O) groups excluding carboxylic acids is 2. The maximum atomic E-state index is 12.2. The second kappa shape index (κ2) is 5.05. The second-order valence-electron chi connectivity index (χ2n) is 6.35. The van der Waals surface area contributed by atoms with Crippen molar-refractivity contribution in [2.75, 3.05) is 6.61 Å². The van der Waals surface area contributed by atoms with Crippen molar-refractivity contribution in [2.24, 2.45) is 5.41 Å². The smallest absolute Gasteiger partial charge is 0.287 e. The summed E-state index contributed by atoms with van der Waals surface area (Å²) in [4.78, 5) is 24.3. The van der Waals surface area contributed by atoms with Crippen molar-refractivity contribution in [3.63, 3.8) is 0 Å². The average Bonchev–Trinajstić information content (AvgIpc) is 2.64. The highest BCUT2D eigenvalue weighted by molar-refractivity contribution is 6.03. The van der Waals surface area contributed by atoms with Gasteiger partial charge in [0.1, 0.15) is 5.76 Å². The van der Waals surface area contributed by atoms with Crippen LogP contribution in [-0.4, -0.2) is 29.4 Å². The summed E-state index contributed by atoms with van der Waals surface area (Å²) in [7, 11) is 0. The zero-order valence-electron chi connectivity index (χ0n) is 12.4. The number of amides is 1. The van der Waals surface area contributed by atoms with E-state index >= 15 is 0 Å². The van der Waals surface area contributed by atoms with Crippen LogP contribution in [0, 0.1) is 12.3 Å². The number of aliphatic hydroxyl groups is 1. The molecule has 5 nitrogen and oxygen atoms in total. The Hall–Kier alpha value is -1.62. The van der Waals surface area contributed by atoms with E-state index in [1.807, 2.05) is 13.8 Å². The minimum atomic E-state index is -0.385. The summed E-state index contributed by atoms with van der Waals surface area (Å²) in [6, 6.07) is -0.351. The molecule has 1 aliphatic carbocycles. The molecule has 0 aliphatic heterocycles. The Morgan fingerprint density at radius 3 is 2.70 bits per heavy atom. The summed E-state index contributed by atoms with van der Waals surface area (Å²) < 4.78 is 5.64. The Morgan fingerprint density at radius 1 is 1.45 bits per heavy atom. The molecule has 0 radical (unpaired) electrons. The van der Waals surface area contributed by atoms with Gasteiger partial charge in [0.2, 0.25) is 0 Å². The van der Waals surface area contributed by atoms with Gasteiger partial charge >= 0.3 is 0 Å². The zero-order valence-corrected chi connectivity index (χ0v) is 12.4. The standard InChI is InChI=1S/C15H21NO4/c1-8(7-17)16-14(19)13-9(2)12-10(18)5-15(3,4)6-11(12)20-13/h8,17H,5-7H2,1-4H3,(H,16,19). The van der Waals surface area contributed by atoms with Crippen LogP contribution < -0.4 is 5.32 Å². The van der Waals surface area contributed by atoms with Gasteiger partial charge in [-0.15, -0.1) is 0 Å². The molecule has 5 heteroatoms. The fourth-order valence-corrected chi connectivity index (χ4v) is 2.63. The van der Waals surface area contributed by atoms with Crippen LogP contribution in [0.15, 0.2) is 4.42 Å². The Balaban J connectivity index is 2.35. The van der Waals surface area contributed by atoms with Gasteiger partial charge in [-0.1, -0.05) is 13.8 Å². The van der Waals surface area contributed by atoms with E-state index in [1.54, 1.807) is 13.8 Å². The van der Waals surface area contributed by atoms with Gasteiger partial charge < -0.3 is 14.8 Å². The van der Waals surface area contributed by atoms with Gasteiger partial charge in [-0.05, 0) is 19.3 Å². The molecular formula is C15H21NO4. The normalized spacial score (nSPS) is 18.6. The van der Waals surface area contributed by atoms with Crippen LogP contribution in [0.25, 0.3) is 0 Å². The lowest BCUT2D eigenvalue weighted by atomic mass is 9.76. The lowest BCUT2D eigenvalue weighted by Gasteiger charge is -2.27. The van der Waals surface area contributed by atoms with Gasteiger partial charge in [-0.25, -0.2) is 0 Å². The minimum Gasteiger partial charge on any atom is -0.455 e. The first-order valence-corrected chi connectivity index (χ1v) is 6.82. The first-order valence-electron chi connectivity index (χ1n) is 6.82. The van der Waals surface area contributed by atoms with Gasteiger partial charge in [0.05, 0.1) is 12.2 Å². The Bertz CT molecular complexity index is 556. The predicted molar refractivity (Wildman–Crippen MR) is 73.9 cm³/mol. The molecule has 0 bridgehead atoms. The van der Waals surface area contributed by atoms with E-state index in [9.17, 15) is 9.59 Å². The third-order valence-corrected chi connectivity index (χ3v) is 3.63. The number of fused-ring (bicyclic) bond motifs is 1. The number of hydrogen-bond donors (Lipinski definition) is 2. The SMILES string of the molecule is Cc1c(C(=O)NC(C)CO)oc2c1C(=O)CC(C)(C)C2. The quantitative estimate of drug-likeness (QED) is 0.885. The molecule has 1 amide bonds. The number of Topliss-reactive ketones (excluding diaryl/α,β-unsaturated/α-hetero) is 1. The monoisotopic (exact) mass is 279 g/mol. The molecule has 2 N–H and O–H groups in total. The molecule has 0 fully saturated rings. The van der Waals surface area contributed by atoms with Gasteiger partial charge in [-0.2, -0.15) is 0 Å². The number of nitrogens with one attached hydrogen (secondary N) is 1. The summed E-state index contributed by atoms with van der Waals surface area (Å²) in [5, 5.41) is 11.6. The maximum Gasteiger partial charge on any atom is 0.287 e. The van der Waals surface area contributed by atoms with Crippen LogP contribution in [0.2, 0.25) is 0 Å². The summed E-state index contributed by atoms with van der Waals surface area (Å²) in [5.41, 5.74) is 1.02. The largest absolute Gasteiger partial charge is 0.455 e. The Kier molecular flexibility index (Phi) is 3.73. The molecular weight excluding hydrogens is 258 g/mol. The summed E-state index contributed by atoms with van der Waals surface area (Å²) in [5.74, 6) is 0.433. The summed E-state index contributed by atoms with van der Waals surface area (Å²) >= 11 is 0. The minimum absolute atomic E-state index is 0.0340. The van der Waals surface area contributed by atoms with Crippen molar-refractivity contribution < 1.29 is 19.1 Å².